The molecule has 3 aromatic rings. The van der Waals surface area contributed by atoms with Crippen LogP contribution in [0, 0.1) is 0 Å². The molecule has 2 heterocycles. The number of carbonyl (C=O) groups is 2. The van der Waals surface area contributed by atoms with Gasteiger partial charge in [0.2, 0.25) is 0 Å². The van der Waals surface area contributed by atoms with Crippen molar-refractivity contribution in [3.8, 4) is 0 Å². The van der Waals surface area contributed by atoms with Crippen molar-refractivity contribution in [1.82, 2.24) is 20.6 Å². The number of pyridine rings is 2. The van der Waals surface area contributed by atoms with Gasteiger partial charge in [0.1, 0.15) is 11.4 Å². The van der Waals surface area contributed by atoms with Crippen LogP contribution in [0.3, 0.4) is 0 Å². The molecule has 0 aliphatic carbocycles. The lowest BCUT2D eigenvalue weighted by Gasteiger charge is -2.07. The summed E-state index contributed by atoms with van der Waals surface area (Å²) >= 11 is 5.84. The van der Waals surface area contributed by atoms with Crippen LogP contribution in [-0.2, 0) is 13.1 Å². The highest BCUT2D eigenvalue weighted by Gasteiger charge is 2.12. The molecular weight excluding hydrogens is 364 g/mol. The molecule has 0 saturated heterocycles. The Kier molecular flexibility index (Phi) is 6.12. The molecular formula is C20H17ClN4O2. The molecule has 136 valence electrons. The highest BCUT2D eigenvalue weighted by molar-refractivity contribution is 6.30. The van der Waals surface area contributed by atoms with Gasteiger partial charge < -0.3 is 10.6 Å². The largest absolute Gasteiger partial charge is 0.347 e. The highest BCUT2D eigenvalue weighted by atomic mass is 35.5. The fraction of sp³-hybridized carbons (Fsp3) is 0.100. The number of hydrogen-bond acceptors (Lipinski definition) is 4. The number of hydrogen-bond donors (Lipinski definition) is 2. The summed E-state index contributed by atoms with van der Waals surface area (Å²) in [6.45, 7) is 0.627. The fourth-order valence-corrected chi connectivity index (χ4v) is 2.45. The topological polar surface area (TPSA) is 84.0 Å². The maximum atomic E-state index is 12.3. The highest BCUT2D eigenvalue weighted by Crippen LogP contribution is 2.09. The van der Waals surface area contributed by atoms with E-state index in [0.717, 1.165) is 11.3 Å². The van der Waals surface area contributed by atoms with Crippen LogP contribution < -0.4 is 10.6 Å². The van der Waals surface area contributed by atoms with E-state index >= 15 is 0 Å². The molecule has 0 aliphatic rings. The lowest BCUT2D eigenvalue weighted by atomic mass is 10.2. The first-order valence-electron chi connectivity index (χ1n) is 8.29. The predicted molar refractivity (Wildman–Crippen MR) is 102 cm³/mol. The van der Waals surface area contributed by atoms with Crippen LogP contribution in [0.1, 0.15) is 32.2 Å². The van der Waals surface area contributed by atoms with Crippen molar-refractivity contribution in [2.45, 2.75) is 13.1 Å². The van der Waals surface area contributed by atoms with Crippen molar-refractivity contribution in [1.29, 1.82) is 0 Å². The number of nitrogens with zero attached hydrogens (tertiary/aromatic N) is 2. The summed E-state index contributed by atoms with van der Waals surface area (Å²) < 4.78 is 0. The molecule has 6 nitrogen and oxygen atoms in total. The second kappa shape index (κ2) is 8.91. The number of amides is 2. The summed E-state index contributed by atoms with van der Waals surface area (Å²) in [5.41, 5.74) is 2.00. The van der Waals surface area contributed by atoms with Gasteiger partial charge in [0.05, 0.1) is 12.2 Å². The quantitative estimate of drug-likeness (QED) is 0.688. The maximum absolute atomic E-state index is 12.3. The Hall–Kier alpha value is -3.25. The predicted octanol–water partition coefficient (Wildman–Crippen LogP) is 2.99. The van der Waals surface area contributed by atoms with Crippen LogP contribution in [0.25, 0.3) is 0 Å². The fourth-order valence-electron chi connectivity index (χ4n) is 2.33. The van der Waals surface area contributed by atoms with Gasteiger partial charge in [-0.15, -0.1) is 0 Å². The maximum Gasteiger partial charge on any atom is 0.270 e. The summed E-state index contributed by atoms with van der Waals surface area (Å²) in [5.74, 6) is -0.725. The molecule has 0 aliphatic heterocycles. The molecule has 2 amide bonds. The third-order valence-electron chi connectivity index (χ3n) is 3.74. The monoisotopic (exact) mass is 380 g/mol. The molecule has 0 spiro atoms. The summed E-state index contributed by atoms with van der Waals surface area (Å²) in [4.78, 5) is 32.8. The number of nitrogens with one attached hydrogen (secondary N) is 2. The van der Waals surface area contributed by atoms with E-state index in [0.29, 0.717) is 11.6 Å². The Morgan fingerprint density at radius 1 is 0.815 bits per heavy atom. The van der Waals surface area contributed by atoms with Gasteiger partial charge in [-0.05, 0) is 42.0 Å². The van der Waals surface area contributed by atoms with Gasteiger partial charge in [0.15, 0.2) is 0 Å². The van der Waals surface area contributed by atoms with E-state index in [1.54, 1.807) is 42.6 Å². The molecule has 0 bridgehead atoms. The molecule has 2 N–H and O–H groups in total. The van der Waals surface area contributed by atoms with Crippen LogP contribution in [0.15, 0.2) is 66.9 Å². The summed E-state index contributed by atoms with van der Waals surface area (Å²) in [5, 5.41) is 6.14. The molecule has 0 unspecified atom stereocenters. The Morgan fingerprint density at radius 3 is 2.11 bits per heavy atom. The molecule has 27 heavy (non-hydrogen) atoms. The van der Waals surface area contributed by atoms with E-state index in [9.17, 15) is 9.59 Å². The standard InChI is InChI=1S/C20H17ClN4O2/c21-15-9-7-14(8-10-15)12-23-19(26)17-5-3-6-18(25-17)20(27)24-13-16-4-1-2-11-22-16/h1-11H,12-13H2,(H,23,26)(H,24,27). The number of carbonyl (C=O) groups excluding carboxylic acids is 2. The summed E-state index contributed by atoms with van der Waals surface area (Å²) in [6, 6.07) is 17.4. The first-order valence-corrected chi connectivity index (χ1v) is 8.67. The van der Waals surface area contributed by atoms with Crippen molar-refractivity contribution in [2.75, 3.05) is 0 Å². The van der Waals surface area contributed by atoms with E-state index in [2.05, 4.69) is 20.6 Å². The van der Waals surface area contributed by atoms with Crippen LogP contribution in [0.2, 0.25) is 5.02 Å². The molecule has 2 aromatic heterocycles. The number of aromatic nitrogens is 2. The first-order chi connectivity index (χ1) is 13.1. The Labute approximate surface area is 161 Å². The number of benzene rings is 1. The Bertz CT molecular complexity index is 930. The van der Waals surface area contributed by atoms with Crippen molar-refractivity contribution in [3.63, 3.8) is 0 Å². The van der Waals surface area contributed by atoms with Gasteiger partial charge in [0.25, 0.3) is 11.8 Å². The summed E-state index contributed by atoms with van der Waals surface area (Å²) in [6.07, 6.45) is 1.66. The molecule has 3 rings (SSSR count). The minimum absolute atomic E-state index is 0.171. The van der Waals surface area contributed by atoms with Gasteiger partial charge in [-0.1, -0.05) is 35.9 Å². The van der Waals surface area contributed by atoms with Gasteiger partial charge in [-0.25, -0.2) is 4.98 Å². The average molecular weight is 381 g/mol. The van der Waals surface area contributed by atoms with Crippen LogP contribution in [-0.4, -0.2) is 21.8 Å². The minimum Gasteiger partial charge on any atom is -0.347 e. The zero-order valence-electron chi connectivity index (χ0n) is 14.4. The molecule has 0 saturated carbocycles. The van der Waals surface area contributed by atoms with Crippen molar-refractivity contribution in [2.24, 2.45) is 0 Å². The van der Waals surface area contributed by atoms with E-state index < -0.39 is 0 Å². The molecule has 0 radical (unpaired) electrons. The van der Waals surface area contributed by atoms with Gasteiger partial charge in [0, 0.05) is 17.8 Å². The Morgan fingerprint density at radius 2 is 1.48 bits per heavy atom. The molecule has 1 aromatic carbocycles. The molecule has 7 heteroatoms. The number of halogens is 1. The lowest BCUT2D eigenvalue weighted by molar-refractivity contribution is 0.0941. The van der Waals surface area contributed by atoms with E-state index in [-0.39, 0.29) is 29.7 Å². The van der Waals surface area contributed by atoms with E-state index in [1.165, 1.54) is 0 Å². The normalized spacial score (nSPS) is 10.3. The SMILES string of the molecule is O=C(NCc1ccc(Cl)cc1)c1cccc(C(=O)NCc2ccccn2)n1. The molecule has 0 atom stereocenters. The second-order valence-electron chi connectivity index (χ2n) is 5.72. The van der Waals surface area contributed by atoms with Crippen LogP contribution >= 0.6 is 11.6 Å². The molecule has 0 fully saturated rings. The second-order valence-corrected chi connectivity index (χ2v) is 6.16. The van der Waals surface area contributed by atoms with Gasteiger partial charge in [-0.2, -0.15) is 0 Å². The van der Waals surface area contributed by atoms with Crippen molar-refractivity contribution >= 4 is 23.4 Å². The van der Waals surface area contributed by atoms with Crippen molar-refractivity contribution < 1.29 is 9.59 Å². The third kappa shape index (κ3) is 5.36. The third-order valence-corrected chi connectivity index (χ3v) is 3.99. The Balaban J connectivity index is 1.59. The summed E-state index contributed by atoms with van der Waals surface area (Å²) in [7, 11) is 0. The average Bonchev–Trinajstić information content (AvgIpc) is 2.72. The smallest absolute Gasteiger partial charge is 0.270 e. The van der Waals surface area contributed by atoms with Gasteiger partial charge in [-0.3, -0.25) is 14.6 Å². The van der Waals surface area contributed by atoms with E-state index in [1.807, 2.05) is 24.3 Å². The lowest BCUT2D eigenvalue weighted by Crippen LogP contribution is -2.27. The van der Waals surface area contributed by atoms with E-state index in [4.69, 9.17) is 11.6 Å². The van der Waals surface area contributed by atoms with Crippen molar-refractivity contribution in [3.05, 3.63) is 94.5 Å². The van der Waals surface area contributed by atoms with Crippen LogP contribution in [0.4, 0.5) is 0 Å². The van der Waals surface area contributed by atoms with Crippen LogP contribution in [0.5, 0.6) is 0 Å². The van der Waals surface area contributed by atoms with Gasteiger partial charge >= 0.3 is 0 Å². The number of rotatable bonds is 6. The zero-order valence-corrected chi connectivity index (χ0v) is 15.1. The first kappa shape index (κ1) is 18.5. The minimum atomic E-state index is -0.368. The zero-order chi connectivity index (χ0) is 19.1.